The summed E-state index contributed by atoms with van der Waals surface area (Å²) >= 11 is 0. The monoisotopic (exact) mass is 154 g/mol. The van der Waals surface area contributed by atoms with Crippen LogP contribution in [0.25, 0.3) is 0 Å². The van der Waals surface area contributed by atoms with Gasteiger partial charge < -0.3 is 5.11 Å². The van der Waals surface area contributed by atoms with Gasteiger partial charge in [-0.15, -0.1) is 0 Å². The minimum Gasteiger partial charge on any atom is -0.388 e. The number of aliphatic hydroxyl groups is 1. The Hall–Kier alpha value is -0.560. The average molecular weight is 154 g/mol. The van der Waals surface area contributed by atoms with Gasteiger partial charge in [-0.05, 0) is 24.8 Å². The van der Waals surface area contributed by atoms with Crippen LogP contribution in [0.1, 0.15) is 33.1 Å². The van der Waals surface area contributed by atoms with Crippen LogP contribution in [0.5, 0.6) is 0 Å². The van der Waals surface area contributed by atoms with Gasteiger partial charge in [0.05, 0.1) is 6.10 Å². The molecule has 1 atom stereocenters. The summed E-state index contributed by atoms with van der Waals surface area (Å²) in [4.78, 5) is 0. The van der Waals surface area contributed by atoms with Crippen molar-refractivity contribution in [2.75, 3.05) is 0 Å². The Bertz CT molecular complexity index is 147. The van der Waals surface area contributed by atoms with E-state index in [1.807, 2.05) is 13.8 Å². The first-order valence-corrected chi connectivity index (χ1v) is 4.27. The molecular weight excluding hydrogens is 136 g/mol. The zero-order chi connectivity index (χ0) is 8.85. The summed E-state index contributed by atoms with van der Waals surface area (Å²) in [5, 5.41) is 9.19. The molecule has 0 saturated heterocycles. The van der Waals surface area contributed by atoms with Gasteiger partial charge in [-0.3, -0.25) is 0 Å². The molecule has 0 amide bonds. The lowest BCUT2D eigenvalue weighted by Crippen LogP contribution is -2.15. The first kappa shape index (κ1) is 10.4. The molecule has 1 saturated carbocycles. The van der Waals surface area contributed by atoms with Crippen LogP contribution in [0.2, 0.25) is 0 Å². The third-order valence-electron chi connectivity index (χ3n) is 1.81. The number of aliphatic hydroxyl groups excluding tert-OH is 1. The van der Waals surface area contributed by atoms with E-state index in [9.17, 15) is 5.11 Å². The summed E-state index contributed by atoms with van der Waals surface area (Å²) in [6.07, 6.45) is 2.61. The van der Waals surface area contributed by atoms with Gasteiger partial charge in [-0.1, -0.05) is 32.6 Å². The number of rotatable bonds is 0. The molecule has 0 bridgehead atoms. The lowest BCUT2D eigenvalue weighted by Gasteiger charge is -2.21. The topological polar surface area (TPSA) is 20.2 Å². The molecule has 1 aliphatic carbocycles. The van der Waals surface area contributed by atoms with E-state index in [0.717, 1.165) is 30.4 Å². The normalized spacial score (nSPS) is 24.1. The van der Waals surface area contributed by atoms with E-state index in [4.69, 9.17) is 0 Å². The highest BCUT2D eigenvalue weighted by molar-refractivity contribution is 5.30. The van der Waals surface area contributed by atoms with Crippen molar-refractivity contribution in [2.45, 2.75) is 39.2 Å². The largest absolute Gasteiger partial charge is 0.388 e. The molecule has 0 aliphatic heterocycles. The second-order valence-electron chi connectivity index (χ2n) is 2.54. The zero-order valence-electron chi connectivity index (χ0n) is 7.56. The Morgan fingerprint density at radius 2 is 1.91 bits per heavy atom. The molecule has 0 spiro atoms. The Labute approximate surface area is 69.4 Å². The maximum absolute atomic E-state index is 9.19. The van der Waals surface area contributed by atoms with Crippen molar-refractivity contribution < 1.29 is 5.11 Å². The van der Waals surface area contributed by atoms with Gasteiger partial charge in [0.2, 0.25) is 0 Å². The fourth-order valence-electron chi connectivity index (χ4n) is 1.08. The van der Waals surface area contributed by atoms with Crippen LogP contribution in [0.15, 0.2) is 24.3 Å². The van der Waals surface area contributed by atoms with Crippen molar-refractivity contribution >= 4 is 0 Å². The second kappa shape index (κ2) is 5.14. The van der Waals surface area contributed by atoms with Crippen molar-refractivity contribution in [3.05, 3.63) is 24.3 Å². The van der Waals surface area contributed by atoms with Gasteiger partial charge >= 0.3 is 0 Å². The summed E-state index contributed by atoms with van der Waals surface area (Å²) in [6.45, 7) is 11.5. The molecule has 1 aliphatic rings. The molecule has 1 unspecified atom stereocenters. The molecule has 64 valence electrons. The van der Waals surface area contributed by atoms with Crippen LogP contribution in [-0.2, 0) is 0 Å². The fraction of sp³-hybridized carbons (Fsp3) is 0.600. The van der Waals surface area contributed by atoms with E-state index >= 15 is 0 Å². The Morgan fingerprint density at radius 3 is 2.27 bits per heavy atom. The van der Waals surface area contributed by atoms with Gasteiger partial charge in [-0.2, -0.15) is 0 Å². The van der Waals surface area contributed by atoms with Crippen molar-refractivity contribution in [1.29, 1.82) is 0 Å². The van der Waals surface area contributed by atoms with Crippen LogP contribution in [0.3, 0.4) is 0 Å². The van der Waals surface area contributed by atoms with Gasteiger partial charge in [0, 0.05) is 0 Å². The summed E-state index contributed by atoms with van der Waals surface area (Å²) in [6, 6.07) is 0. The minimum absolute atomic E-state index is 0.314. The van der Waals surface area contributed by atoms with E-state index in [0.29, 0.717) is 0 Å². The smallest absolute Gasteiger partial charge is 0.0786 e. The van der Waals surface area contributed by atoms with Gasteiger partial charge in [0.25, 0.3) is 0 Å². The highest BCUT2D eigenvalue weighted by Crippen LogP contribution is 2.25. The average Bonchev–Trinajstić information content (AvgIpc) is 2.04. The van der Waals surface area contributed by atoms with Gasteiger partial charge in [0.15, 0.2) is 0 Å². The lowest BCUT2D eigenvalue weighted by atomic mass is 9.90. The van der Waals surface area contributed by atoms with Crippen LogP contribution < -0.4 is 0 Å². The van der Waals surface area contributed by atoms with E-state index in [1.165, 1.54) is 0 Å². The third-order valence-corrected chi connectivity index (χ3v) is 1.81. The predicted octanol–water partition coefficient (Wildman–Crippen LogP) is 2.67. The van der Waals surface area contributed by atoms with Crippen LogP contribution in [0, 0.1) is 0 Å². The molecule has 0 aromatic carbocycles. The summed E-state index contributed by atoms with van der Waals surface area (Å²) in [5.41, 5.74) is 1.86. The van der Waals surface area contributed by atoms with E-state index < -0.39 is 0 Å². The maximum atomic E-state index is 9.19. The molecule has 1 rings (SSSR count). The highest BCUT2D eigenvalue weighted by atomic mass is 16.3. The predicted molar refractivity (Wildman–Crippen MR) is 49.5 cm³/mol. The lowest BCUT2D eigenvalue weighted by molar-refractivity contribution is 0.191. The molecule has 1 fully saturated rings. The van der Waals surface area contributed by atoms with E-state index in [-0.39, 0.29) is 6.10 Å². The summed E-state index contributed by atoms with van der Waals surface area (Å²) in [7, 11) is 0. The van der Waals surface area contributed by atoms with Crippen LogP contribution in [-0.4, -0.2) is 11.2 Å². The number of hydrogen-bond donors (Lipinski definition) is 1. The summed E-state index contributed by atoms with van der Waals surface area (Å²) in [5.74, 6) is 0. The highest BCUT2D eigenvalue weighted by Gasteiger charge is 2.16. The van der Waals surface area contributed by atoms with E-state index in [2.05, 4.69) is 13.2 Å². The third kappa shape index (κ3) is 2.89. The van der Waals surface area contributed by atoms with Gasteiger partial charge in [0.1, 0.15) is 0 Å². The molecule has 1 heteroatoms. The minimum atomic E-state index is -0.314. The molecule has 11 heavy (non-hydrogen) atoms. The molecule has 1 nitrogen and oxygen atoms in total. The second-order valence-corrected chi connectivity index (χ2v) is 2.54. The fourth-order valence-corrected chi connectivity index (χ4v) is 1.08. The van der Waals surface area contributed by atoms with Crippen LogP contribution in [0.4, 0.5) is 0 Å². The molecular formula is C10H18O. The molecule has 0 aromatic heterocycles. The standard InChI is InChI=1S/C8H12O.C2H6/c1-6-4-3-5-8(9)7(6)2;1-2/h8-9H,1-5H2;1-2H3. The first-order chi connectivity index (χ1) is 5.22. The Balaban J connectivity index is 0.000000461. The van der Waals surface area contributed by atoms with Crippen molar-refractivity contribution in [2.24, 2.45) is 0 Å². The first-order valence-electron chi connectivity index (χ1n) is 4.27. The van der Waals surface area contributed by atoms with Crippen molar-refractivity contribution in [3.63, 3.8) is 0 Å². The SMILES string of the molecule is C=C1CCCC(O)C1=C.CC. The Kier molecular flexibility index (Phi) is 4.88. The van der Waals surface area contributed by atoms with E-state index in [1.54, 1.807) is 0 Å². The summed E-state index contributed by atoms with van der Waals surface area (Å²) < 4.78 is 0. The van der Waals surface area contributed by atoms with Gasteiger partial charge in [-0.25, -0.2) is 0 Å². The Morgan fingerprint density at radius 1 is 1.36 bits per heavy atom. The maximum Gasteiger partial charge on any atom is 0.0786 e. The molecule has 0 heterocycles. The quantitative estimate of drug-likeness (QED) is 0.568. The zero-order valence-corrected chi connectivity index (χ0v) is 7.56. The van der Waals surface area contributed by atoms with Crippen molar-refractivity contribution in [1.82, 2.24) is 0 Å². The molecule has 0 radical (unpaired) electrons. The van der Waals surface area contributed by atoms with Crippen LogP contribution >= 0.6 is 0 Å². The van der Waals surface area contributed by atoms with Crippen molar-refractivity contribution in [3.8, 4) is 0 Å². The molecule has 0 aromatic rings. The number of hydrogen-bond acceptors (Lipinski definition) is 1. The molecule has 1 N–H and O–H groups in total.